The van der Waals surface area contributed by atoms with Gasteiger partial charge in [0.05, 0.1) is 12.4 Å². The first kappa shape index (κ1) is 27.6. The Balaban J connectivity index is 1.36. The molecule has 3 aliphatic rings. The van der Waals surface area contributed by atoms with Crippen LogP contribution in [0.15, 0.2) is 35.4 Å². The first-order valence-electron chi connectivity index (χ1n) is 13.7. The quantitative estimate of drug-likeness (QED) is 0.540. The zero-order valence-corrected chi connectivity index (χ0v) is 22.1. The van der Waals surface area contributed by atoms with Crippen LogP contribution in [0.4, 0.5) is 22.4 Å². The Morgan fingerprint density at radius 1 is 1.15 bits per heavy atom. The van der Waals surface area contributed by atoms with Gasteiger partial charge in [-0.15, -0.1) is 0 Å². The van der Waals surface area contributed by atoms with Gasteiger partial charge in [0.25, 0.3) is 12.0 Å². The van der Waals surface area contributed by atoms with E-state index in [0.717, 1.165) is 44.2 Å². The largest absolute Gasteiger partial charge is 0.324 e. The zero-order chi connectivity index (χ0) is 27.7. The van der Waals surface area contributed by atoms with Gasteiger partial charge in [-0.1, -0.05) is 18.9 Å². The maximum Gasteiger partial charge on any atom is 0.320 e. The number of halogens is 4. The number of carbonyl (C=O) groups is 1. The molecule has 2 saturated heterocycles. The molecule has 7 nitrogen and oxygen atoms in total. The summed E-state index contributed by atoms with van der Waals surface area (Å²) in [6, 6.07) is 3.87. The molecule has 1 aromatic heterocycles. The van der Waals surface area contributed by atoms with Gasteiger partial charge in [-0.25, -0.2) is 27.3 Å². The van der Waals surface area contributed by atoms with Crippen LogP contribution in [0, 0.1) is 23.0 Å². The summed E-state index contributed by atoms with van der Waals surface area (Å²) in [7, 11) is 1.84. The molecule has 3 atom stereocenters. The van der Waals surface area contributed by atoms with E-state index in [1.807, 2.05) is 11.9 Å². The number of rotatable bonds is 5. The Morgan fingerprint density at radius 3 is 2.59 bits per heavy atom. The van der Waals surface area contributed by atoms with Crippen molar-refractivity contribution in [2.75, 3.05) is 26.7 Å². The summed E-state index contributed by atoms with van der Waals surface area (Å²) >= 11 is 0. The van der Waals surface area contributed by atoms with Crippen molar-refractivity contribution in [3.8, 4) is 0 Å². The number of nitrogens with zero attached hydrogens (tertiary/aromatic N) is 4. The van der Waals surface area contributed by atoms with Crippen molar-refractivity contribution in [1.29, 1.82) is 0 Å². The van der Waals surface area contributed by atoms with E-state index >= 15 is 0 Å². The Bertz CT molecular complexity index is 1250. The standard InChI is InChI=1S/C28H35F4N5O2/c1-33-20-7-11-37(24(13-20)21-5-4-19(29)12-22(21)30)27(39)35-10-6-18(28(16-35)8-2-3-9-28)15-36-17-34-23(26(31)32)14-25(36)38/h4-5,12,14,17-18,20,24,26,33H,2-3,6-11,13,15-16H2,1H3/t18-,20+,24-/m0/s1. The number of piperidine rings is 2. The second kappa shape index (κ2) is 11.3. The summed E-state index contributed by atoms with van der Waals surface area (Å²) in [5.41, 5.74) is -0.895. The first-order valence-corrected chi connectivity index (χ1v) is 13.7. The van der Waals surface area contributed by atoms with Crippen molar-refractivity contribution in [1.82, 2.24) is 24.7 Å². The minimum absolute atomic E-state index is 0.0984. The molecule has 0 radical (unpaired) electrons. The lowest BCUT2D eigenvalue weighted by molar-refractivity contribution is 0.0205. The van der Waals surface area contributed by atoms with Crippen LogP contribution >= 0.6 is 0 Å². The molecule has 0 unspecified atom stereocenters. The highest BCUT2D eigenvalue weighted by Crippen LogP contribution is 2.49. The second-order valence-corrected chi connectivity index (χ2v) is 11.2. The first-order chi connectivity index (χ1) is 18.7. The van der Waals surface area contributed by atoms with E-state index in [1.165, 1.54) is 23.0 Å². The highest BCUT2D eigenvalue weighted by Gasteiger charge is 2.47. The highest BCUT2D eigenvalue weighted by molar-refractivity contribution is 5.75. The number of hydrogen-bond acceptors (Lipinski definition) is 4. The third-order valence-electron chi connectivity index (χ3n) is 9.11. The molecule has 212 valence electrons. The average molecular weight is 550 g/mol. The fraction of sp³-hybridized carbons (Fsp3) is 0.607. The van der Waals surface area contributed by atoms with Crippen LogP contribution in [0.3, 0.4) is 0 Å². The lowest BCUT2D eigenvalue weighted by atomic mass is 9.69. The van der Waals surface area contributed by atoms with E-state index in [2.05, 4.69) is 10.3 Å². The van der Waals surface area contributed by atoms with Crippen LogP contribution in [0.1, 0.15) is 68.7 Å². The van der Waals surface area contributed by atoms with Crippen molar-refractivity contribution in [3.05, 3.63) is 63.8 Å². The molecule has 5 rings (SSSR count). The minimum Gasteiger partial charge on any atom is -0.324 e. The minimum atomic E-state index is -2.80. The number of benzene rings is 1. The number of alkyl halides is 2. The predicted octanol–water partition coefficient (Wildman–Crippen LogP) is 4.89. The zero-order valence-electron chi connectivity index (χ0n) is 22.1. The number of amides is 2. The SMILES string of the molecule is CN[C@@H]1CCN(C(=O)N2CC[C@@H](Cn3cnc(C(F)F)cc3=O)C3(CCCC3)C2)[C@H](c2ccc(F)cc2F)C1. The van der Waals surface area contributed by atoms with Gasteiger partial charge in [0.2, 0.25) is 0 Å². The van der Waals surface area contributed by atoms with E-state index in [-0.39, 0.29) is 23.4 Å². The van der Waals surface area contributed by atoms with Gasteiger partial charge in [0, 0.05) is 49.9 Å². The maximum absolute atomic E-state index is 14.9. The van der Waals surface area contributed by atoms with E-state index in [1.54, 1.807) is 4.90 Å². The summed E-state index contributed by atoms with van der Waals surface area (Å²) in [4.78, 5) is 33.9. The number of hydrogen-bond donors (Lipinski definition) is 1. The van der Waals surface area contributed by atoms with Crippen LogP contribution < -0.4 is 10.9 Å². The number of carbonyl (C=O) groups excluding carboxylic acids is 1. The van der Waals surface area contributed by atoms with Gasteiger partial charge in [-0.05, 0) is 56.6 Å². The van der Waals surface area contributed by atoms with Gasteiger partial charge < -0.3 is 15.1 Å². The molecular formula is C28H35F4N5O2. The molecule has 2 amide bonds. The highest BCUT2D eigenvalue weighted by atomic mass is 19.3. The van der Waals surface area contributed by atoms with E-state index in [4.69, 9.17) is 0 Å². The van der Waals surface area contributed by atoms with Gasteiger partial charge >= 0.3 is 6.03 Å². The number of nitrogens with one attached hydrogen (secondary N) is 1. The van der Waals surface area contributed by atoms with Crippen molar-refractivity contribution < 1.29 is 22.4 Å². The van der Waals surface area contributed by atoms with Crippen LogP contribution in [0.2, 0.25) is 0 Å². The fourth-order valence-corrected chi connectivity index (χ4v) is 6.94. The third-order valence-corrected chi connectivity index (χ3v) is 9.11. The maximum atomic E-state index is 14.9. The van der Waals surface area contributed by atoms with Crippen molar-refractivity contribution in [2.45, 2.75) is 70.0 Å². The molecule has 1 aliphatic carbocycles. The lowest BCUT2D eigenvalue weighted by Crippen LogP contribution is -2.57. The topological polar surface area (TPSA) is 70.5 Å². The molecule has 1 spiro atoms. The Hall–Kier alpha value is -2.95. The molecule has 2 aliphatic heterocycles. The Morgan fingerprint density at radius 2 is 1.92 bits per heavy atom. The van der Waals surface area contributed by atoms with Crippen molar-refractivity contribution in [3.63, 3.8) is 0 Å². The molecular weight excluding hydrogens is 514 g/mol. The summed E-state index contributed by atoms with van der Waals surface area (Å²) in [5, 5.41) is 3.23. The molecule has 1 N–H and O–H groups in total. The predicted molar refractivity (Wildman–Crippen MR) is 137 cm³/mol. The molecule has 39 heavy (non-hydrogen) atoms. The normalized spacial score (nSPS) is 25.0. The molecule has 2 aromatic rings. The van der Waals surface area contributed by atoms with Crippen molar-refractivity contribution >= 4 is 6.03 Å². The van der Waals surface area contributed by atoms with Crippen LogP contribution in [-0.4, -0.2) is 58.1 Å². The van der Waals surface area contributed by atoms with E-state index in [9.17, 15) is 27.2 Å². The van der Waals surface area contributed by atoms with Crippen molar-refractivity contribution in [2.24, 2.45) is 11.3 Å². The number of urea groups is 1. The third kappa shape index (κ3) is 5.55. The molecule has 11 heteroatoms. The summed E-state index contributed by atoms with van der Waals surface area (Å²) < 4.78 is 55.9. The fourth-order valence-electron chi connectivity index (χ4n) is 6.94. The summed E-state index contributed by atoms with van der Waals surface area (Å²) in [6.45, 7) is 1.83. The monoisotopic (exact) mass is 549 g/mol. The van der Waals surface area contributed by atoms with Crippen LogP contribution in [-0.2, 0) is 6.54 Å². The van der Waals surface area contributed by atoms with Crippen LogP contribution in [0.25, 0.3) is 0 Å². The molecule has 1 aromatic carbocycles. The number of aromatic nitrogens is 2. The Kier molecular flexibility index (Phi) is 7.98. The average Bonchev–Trinajstić information content (AvgIpc) is 3.38. The molecule has 3 fully saturated rings. The van der Waals surface area contributed by atoms with Gasteiger partial charge in [0.1, 0.15) is 17.3 Å². The summed E-state index contributed by atoms with van der Waals surface area (Å²) in [6.07, 6.45) is 4.19. The molecule has 1 saturated carbocycles. The summed E-state index contributed by atoms with van der Waals surface area (Å²) in [5.74, 6) is -1.21. The second-order valence-electron chi connectivity index (χ2n) is 11.2. The molecule has 3 heterocycles. The van der Waals surface area contributed by atoms with Gasteiger partial charge in [-0.2, -0.15) is 0 Å². The van der Waals surface area contributed by atoms with Crippen LogP contribution in [0.5, 0.6) is 0 Å². The molecule has 0 bridgehead atoms. The van der Waals surface area contributed by atoms with Gasteiger partial charge in [-0.3, -0.25) is 9.36 Å². The van der Waals surface area contributed by atoms with Gasteiger partial charge in [0.15, 0.2) is 0 Å². The Labute approximate surface area is 225 Å². The van der Waals surface area contributed by atoms with E-state index in [0.29, 0.717) is 44.6 Å². The smallest absolute Gasteiger partial charge is 0.320 e. The van der Waals surface area contributed by atoms with E-state index < -0.39 is 35.4 Å². The number of likely N-dealkylation sites (tertiary alicyclic amines) is 2. The lowest BCUT2D eigenvalue weighted by Gasteiger charge is -2.49.